The van der Waals surface area contributed by atoms with Crippen molar-refractivity contribution in [2.24, 2.45) is 0 Å². The van der Waals surface area contributed by atoms with Crippen molar-refractivity contribution in [3.05, 3.63) is 47.0 Å². The number of hydrogen-bond donors (Lipinski definition) is 1. The number of nitrogens with two attached hydrogens (primary N) is 1. The van der Waals surface area contributed by atoms with E-state index in [-0.39, 0.29) is 6.79 Å². The minimum absolute atomic E-state index is 0.189. The Morgan fingerprint density at radius 2 is 2.04 bits per heavy atom. The summed E-state index contributed by atoms with van der Waals surface area (Å²) in [5.41, 5.74) is 1.85. The van der Waals surface area contributed by atoms with E-state index < -0.39 is 0 Å². The van der Waals surface area contributed by atoms with E-state index in [4.69, 9.17) is 31.7 Å². The second-order valence-corrected chi connectivity index (χ2v) is 7.08. The van der Waals surface area contributed by atoms with Crippen LogP contribution in [0.1, 0.15) is 12.5 Å². The summed E-state index contributed by atoms with van der Waals surface area (Å²) in [5, 5.41) is 9.53. The zero-order valence-electron chi connectivity index (χ0n) is 14.5. The maximum Gasteiger partial charge on any atom is 0.231 e. The van der Waals surface area contributed by atoms with Crippen molar-refractivity contribution in [2.75, 3.05) is 19.2 Å². The maximum atomic E-state index is 6.22. The van der Waals surface area contributed by atoms with Gasteiger partial charge < -0.3 is 20.1 Å². The van der Waals surface area contributed by atoms with Gasteiger partial charge in [-0.3, -0.25) is 0 Å². The van der Waals surface area contributed by atoms with Gasteiger partial charge in [0.15, 0.2) is 17.3 Å². The summed E-state index contributed by atoms with van der Waals surface area (Å²) >= 11 is 7.69. The topological polar surface area (TPSA) is 84.4 Å². The molecule has 27 heavy (non-hydrogen) atoms. The van der Waals surface area contributed by atoms with Crippen LogP contribution >= 0.6 is 23.4 Å². The summed E-state index contributed by atoms with van der Waals surface area (Å²) in [5.74, 6) is 9.44. The second-order valence-electron chi connectivity index (χ2n) is 5.73. The molecule has 4 rings (SSSR count). The number of nitrogens with zero attached hydrogens (tertiary/aromatic N) is 3. The van der Waals surface area contributed by atoms with E-state index in [2.05, 4.69) is 10.2 Å². The molecule has 0 bridgehead atoms. The Kier molecular flexibility index (Phi) is 5.00. The molecule has 1 aliphatic rings. The first kappa shape index (κ1) is 17.8. The lowest BCUT2D eigenvalue weighted by Crippen LogP contribution is -2.11. The summed E-state index contributed by atoms with van der Waals surface area (Å²) < 4.78 is 17.7. The Hall–Kier alpha value is -2.58. The number of halogens is 1. The normalized spacial score (nSPS) is 12.4. The van der Waals surface area contributed by atoms with E-state index in [9.17, 15) is 0 Å². The van der Waals surface area contributed by atoms with E-state index in [1.165, 1.54) is 16.4 Å². The van der Waals surface area contributed by atoms with Crippen molar-refractivity contribution in [3.8, 4) is 28.6 Å². The monoisotopic (exact) mass is 404 g/mol. The molecular formula is C18H17ClN4O3S. The summed E-state index contributed by atoms with van der Waals surface area (Å²) in [6.07, 6.45) is 0. The number of nitrogen functional groups attached to an aromatic ring is 1. The molecular weight excluding hydrogens is 388 g/mol. The third-order valence-corrected chi connectivity index (χ3v) is 5.24. The minimum atomic E-state index is 0.189. The van der Waals surface area contributed by atoms with Gasteiger partial charge in [-0.1, -0.05) is 23.4 Å². The van der Waals surface area contributed by atoms with E-state index in [0.29, 0.717) is 39.9 Å². The minimum Gasteiger partial charge on any atom is -0.494 e. The van der Waals surface area contributed by atoms with Gasteiger partial charge in [0.25, 0.3) is 0 Å². The number of thioether (sulfide) groups is 1. The third kappa shape index (κ3) is 3.63. The Balaban J connectivity index is 1.49. The van der Waals surface area contributed by atoms with Crippen LogP contribution in [0.2, 0.25) is 5.02 Å². The fraction of sp³-hybridized carbons (Fsp3) is 0.222. The van der Waals surface area contributed by atoms with Gasteiger partial charge in [0, 0.05) is 11.3 Å². The summed E-state index contributed by atoms with van der Waals surface area (Å²) in [6, 6.07) is 11.3. The molecule has 0 atom stereocenters. The summed E-state index contributed by atoms with van der Waals surface area (Å²) in [7, 11) is 0. The number of rotatable bonds is 6. The molecule has 2 N–H and O–H groups in total. The van der Waals surface area contributed by atoms with Gasteiger partial charge in [0.05, 0.1) is 11.6 Å². The Morgan fingerprint density at radius 3 is 2.81 bits per heavy atom. The maximum absolute atomic E-state index is 6.22. The molecule has 1 aromatic heterocycles. The van der Waals surface area contributed by atoms with E-state index in [1.54, 1.807) is 0 Å². The van der Waals surface area contributed by atoms with Gasteiger partial charge in [0.1, 0.15) is 5.75 Å². The molecule has 0 fully saturated rings. The van der Waals surface area contributed by atoms with Crippen molar-refractivity contribution in [1.29, 1.82) is 0 Å². The average Bonchev–Trinajstić information content (AvgIpc) is 3.28. The Labute approximate surface area is 165 Å². The predicted octanol–water partition coefficient (Wildman–Crippen LogP) is 3.73. The molecule has 0 spiro atoms. The van der Waals surface area contributed by atoms with Crippen molar-refractivity contribution in [1.82, 2.24) is 14.9 Å². The van der Waals surface area contributed by atoms with E-state index >= 15 is 0 Å². The second kappa shape index (κ2) is 7.58. The highest BCUT2D eigenvalue weighted by molar-refractivity contribution is 7.98. The van der Waals surface area contributed by atoms with Crippen molar-refractivity contribution in [3.63, 3.8) is 0 Å². The molecule has 1 aliphatic heterocycles. The highest BCUT2D eigenvalue weighted by Gasteiger charge is 2.19. The standard InChI is InChI=1S/C18H17ClN4O3S/c1-2-24-13-5-3-12(4-6-13)17-21-22-18(23(17)20)27-9-11-7-14(19)16-15(8-11)25-10-26-16/h3-8H,2,9-10,20H2,1H3. The van der Waals surface area contributed by atoms with Gasteiger partial charge in [0.2, 0.25) is 11.9 Å². The van der Waals surface area contributed by atoms with Crippen LogP contribution in [0, 0.1) is 0 Å². The molecule has 7 nitrogen and oxygen atoms in total. The van der Waals surface area contributed by atoms with Gasteiger partial charge in [-0.05, 0) is 48.9 Å². The highest BCUT2D eigenvalue weighted by atomic mass is 35.5. The van der Waals surface area contributed by atoms with Gasteiger partial charge in [-0.2, -0.15) is 0 Å². The molecule has 0 saturated heterocycles. The molecule has 0 saturated carbocycles. The van der Waals surface area contributed by atoms with Gasteiger partial charge in [-0.15, -0.1) is 10.2 Å². The average molecular weight is 405 g/mol. The van der Waals surface area contributed by atoms with Crippen molar-refractivity contribution < 1.29 is 14.2 Å². The fourth-order valence-electron chi connectivity index (χ4n) is 2.69. The lowest BCUT2D eigenvalue weighted by atomic mass is 10.2. The van der Waals surface area contributed by atoms with Crippen molar-refractivity contribution >= 4 is 23.4 Å². The molecule has 9 heteroatoms. The van der Waals surface area contributed by atoms with Crippen LogP contribution < -0.4 is 20.1 Å². The fourth-order valence-corrected chi connectivity index (χ4v) is 3.77. The van der Waals surface area contributed by atoms with Crippen LogP contribution in [0.25, 0.3) is 11.4 Å². The smallest absolute Gasteiger partial charge is 0.231 e. The summed E-state index contributed by atoms with van der Waals surface area (Å²) in [6.45, 7) is 2.76. The van der Waals surface area contributed by atoms with E-state index in [0.717, 1.165) is 16.9 Å². The highest BCUT2D eigenvalue weighted by Crippen LogP contribution is 2.40. The molecule has 2 heterocycles. The molecule has 140 valence electrons. The third-order valence-electron chi connectivity index (χ3n) is 3.94. The Bertz CT molecular complexity index is 962. The molecule has 0 unspecified atom stereocenters. The number of ether oxygens (including phenoxy) is 3. The zero-order chi connectivity index (χ0) is 18.8. The number of benzene rings is 2. The number of fused-ring (bicyclic) bond motifs is 1. The summed E-state index contributed by atoms with van der Waals surface area (Å²) in [4.78, 5) is 0. The first-order valence-corrected chi connectivity index (χ1v) is 9.66. The SMILES string of the molecule is CCOc1ccc(-c2nnc(SCc3cc(Cl)c4c(c3)OCO4)n2N)cc1. The lowest BCUT2D eigenvalue weighted by Gasteiger charge is -2.06. The molecule has 0 aliphatic carbocycles. The number of hydrogen-bond acceptors (Lipinski definition) is 7. The van der Waals surface area contributed by atoms with Crippen LogP contribution in [0.15, 0.2) is 41.6 Å². The predicted molar refractivity (Wildman–Crippen MR) is 104 cm³/mol. The van der Waals surface area contributed by atoms with Gasteiger partial charge in [-0.25, -0.2) is 4.68 Å². The molecule has 0 amide bonds. The molecule has 0 radical (unpaired) electrons. The lowest BCUT2D eigenvalue weighted by molar-refractivity contribution is 0.174. The Morgan fingerprint density at radius 1 is 1.22 bits per heavy atom. The van der Waals surface area contributed by atoms with Crippen LogP contribution in [-0.2, 0) is 5.75 Å². The van der Waals surface area contributed by atoms with Crippen LogP contribution in [0.4, 0.5) is 0 Å². The quantitative estimate of drug-likeness (QED) is 0.495. The molecule has 3 aromatic rings. The van der Waals surface area contributed by atoms with E-state index in [1.807, 2.05) is 43.3 Å². The first-order chi connectivity index (χ1) is 13.2. The van der Waals surface area contributed by atoms with Gasteiger partial charge >= 0.3 is 0 Å². The van der Waals surface area contributed by atoms with Crippen LogP contribution in [0.3, 0.4) is 0 Å². The van der Waals surface area contributed by atoms with Crippen LogP contribution in [-0.4, -0.2) is 28.3 Å². The zero-order valence-corrected chi connectivity index (χ0v) is 16.1. The largest absolute Gasteiger partial charge is 0.494 e. The first-order valence-electron chi connectivity index (χ1n) is 8.30. The number of aromatic nitrogens is 3. The van der Waals surface area contributed by atoms with Crippen molar-refractivity contribution in [2.45, 2.75) is 17.8 Å². The van der Waals surface area contributed by atoms with Crippen LogP contribution in [0.5, 0.6) is 17.2 Å². The molecule has 2 aromatic carbocycles.